The summed E-state index contributed by atoms with van der Waals surface area (Å²) >= 11 is 6.99. The Labute approximate surface area is 122 Å². The molecule has 2 N–H and O–H groups in total. The standard InChI is InChI=1S/C11H18N6S2/c1-16(2)10-14-8(13-9(12)15-10)7-19-11(18)17-5-3-4-6-17/h3-7H2,1-2H3,(H2,12,13,14,15). The zero-order chi connectivity index (χ0) is 13.8. The summed E-state index contributed by atoms with van der Waals surface area (Å²) in [5.41, 5.74) is 5.68. The molecular formula is C11H18N6S2. The molecule has 0 bridgehead atoms. The molecule has 2 rings (SSSR count). The van der Waals surface area contributed by atoms with Crippen molar-refractivity contribution < 1.29 is 0 Å². The van der Waals surface area contributed by atoms with Gasteiger partial charge in [-0.3, -0.25) is 0 Å². The highest BCUT2D eigenvalue weighted by molar-refractivity contribution is 8.22. The molecule has 0 spiro atoms. The van der Waals surface area contributed by atoms with Gasteiger partial charge < -0.3 is 15.5 Å². The van der Waals surface area contributed by atoms with Crippen LogP contribution in [0.4, 0.5) is 11.9 Å². The smallest absolute Gasteiger partial charge is 0.229 e. The average Bonchev–Trinajstić information content (AvgIpc) is 2.89. The molecule has 2 heterocycles. The van der Waals surface area contributed by atoms with Gasteiger partial charge in [0.25, 0.3) is 0 Å². The topological polar surface area (TPSA) is 71.2 Å². The number of rotatable bonds is 3. The van der Waals surface area contributed by atoms with E-state index < -0.39 is 0 Å². The van der Waals surface area contributed by atoms with Crippen molar-refractivity contribution in [2.45, 2.75) is 18.6 Å². The van der Waals surface area contributed by atoms with E-state index in [-0.39, 0.29) is 5.95 Å². The quantitative estimate of drug-likeness (QED) is 0.833. The Morgan fingerprint density at radius 3 is 2.63 bits per heavy atom. The van der Waals surface area contributed by atoms with E-state index in [0.717, 1.165) is 17.4 Å². The summed E-state index contributed by atoms with van der Waals surface area (Å²) in [5.74, 6) is 2.13. The first-order valence-corrected chi connectivity index (χ1v) is 7.55. The minimum absolute atomic E-state index is 0.251. The molecule has 0 unspecified atom stereocenters. The van der Waals surface area contributed by atoms with Crippen molar-refractivity contribution in [3.05, 3.63) is 5.82 Å². The number of nitrogen functional groups attached to an aromatic ring is 1. The van der Waals surface area contributed by atoms with Crippen molar-refractivity contribution in [1.82, 2.24) is 19.9 Å². The first-order chi connectivity index (χ1) is 9.06. The van der Waals surface area contributed by atoms with Crippen molar-refractivity contribution in [1.29, 1.82) is 0 Å². The fraction of sp³-hybridized carbons (Fsp3) is 0.636. The highest BCUT2D eigenvalue weighted by Gasteiger charge is 2.16. The van der Waals surface area contributed by atoms with Gasteiger partial charge in [0, 0.05) is 27.2 Å². The Morgan fingerprint density at radius 2 is 2.00 bits per heavy atom. The van der Waals surface area contributed by atoms with Crippen LogP contribution in [-0.2, 0) is 5.75 Å². The zero-order valence-electron chi connectivity index (χ0n) is 11.2. The predicted octanol–water partition coefficient (Wildman–Crippen LogP) is 1.13. The van der Waals surface area contributed by atoms with Gasteiger partial charge in [0.15, 0.2) is 0 Å². The first kappa shape index (κ1) is 14.3. The average molecular weight is 298 g/mol. The molecule has 0 saturated carbocycles. The molecule has 1 saturated heterocycles. The van der Waals surface area contributed by atoms with Crippen LogP contribution in [0.2, 0.25) is 0 Å². The predicted molar refractivity (Wildman–Crippen MR) is 83.3 cm³/mol. The van der Waals surface area contributed by atoms with Crippen molar-refractivity contribution in [3.63, 3.8) is 0 Å². The van der Waals surface area contributed by atoms with E-state index in [4.69, 9.17) is 18.0 Å². The molecule has 0 aliphatic carbocycles. The fourth-order valence-electron chi connectivity index (χ4n) is 1.81. The maximum absolute atomic E-state index is 5.68. The van der Waals surface area contributed by atoms with Crippen molar-refractivity contribution >= 4 is 40.2 Å². The third kappa shape index (κ3) is 3.90. The van der Waals surface area contributed by atoms with Crippen LogP contribution in [0.1, 0.15) is 18.7 Å². The maximum Gasteiger partial charge on any atom is 0.229 e. The number of aromatic nitrogens is 3. The lowest BCUT2D eigenvalue weighted by Crippen LogP contribution is -2.23. The Balaban J connectivity index is 1.97. The van der Waals surface area contributed by atoms with E-state index in [9.17, 15) is 0 Å². The third-order valence-corrected chi connectivity index (χ3v) is 4.30. The molecule has 104 valence electrons. The summed E-state index contributed by atoms with van der Waals surface area (Å²) in [4.78, 5) is 16.6. The lowest BCUT2D eigenvalue weighted by molar-refractivity contribution is 0.539. The second-order valence-electron chi connectivity index (χ2n) is 4.55. The van der Waals surface area contributed by atoms with Crippen LogP contribution in [0.5, 0.6) is 0 Å². The summed E-state index contributed by atoms with van der Waals surface area (Å²) in [5, 5.41) is 0. The molecule has 0 atom stereocenters. The van der Waals surface area contributed by atoms with E-state index in [1.807, 2.05) is 19.0 Å². The fourth-order valence-corrected chi connectivity index (χ4v) is 2.91. The molecule has 0 radical (unpaired) electrons. The highest BCUT2D eigenvalue weighted by atomic mass is 32.2. The SMILES string of the molecule is CN(C)c1nc(N)nc(CSC(=S)N2CCCC2)n1. The van der Waals surface area contributed by atoms with Crippen LogP contribution < -0.4 is 10.6 Å². The molecule has 1 aliphatic heterocycles. The minimum atomic E-state index is 0.251. The zero-order valence-corrected chi connectivity index (χ0v) is 12.8. The monoisotopic (exact) mass is 298 g/mol. The number of thioether (sulfide) groups is 1. The molecule has 6 nitrogen and oxygen atoms in total. The Kier molecular flexibility index (Phi) is 4.76. The number of hydrogen-bond donors (Lipinski definition) is 1. The van der Waals surface area contributed by atoms with E-state index in [2.05, 4.69) is 19.9 Å². The summed E-state index contributed by atoms with van der Waals surface area (Å²) in [6.45, 7) is 2.13. The molecular weight excluding hydrogens is 280 g/mol. The van der Waals surface area contributed by atoms with Gasteiger partial charge in [-0.15, -0.1) is 0 Å². The lowest BCUT2D eigenvalue weighted by atomic mass is 10.4. The molecule has 1 aliphatic rings. The van der Waals surface area contributed by atoms with Gasteiger partial charge >= 0.3 is 0 Å². The van der Waals surface area contributed by atoms with Crippen LogP contribution in [0.15, 0.2) is 0 Å². The van der Waals surface area contributed by atoms with E-state index in [1.165, 1.54) is 12.8 Å². The van der Waals surface area contributed by atoms with Crippen molar-refractivity contribution in [3.8, 4) is 0 Å². The number of hydrogen-bond acceptors (Lipinski definition) is 7. The van der Waals surface area contributed by atoms with Crippen LogP contribution in [0.3, 0.4) is 0 Å². The molecule has 0 amide bonds. The molecule has 0 aromatic carbocycles. The summed E-state index contributed by atoms with van der Waals surface area (Å²) in [6.07, 6.45) is 2.45. The second-order valence-corrected chi connectivity index (χ2v) is 6.16. The number of nitrogens with zero attached hydrogens (tertiary/aromatic N) is 5. The normalized spacial score (nSPS) is 14.7. The maximum atomic E-state index is 5.68. The second kappa shape index (κ2) is 6.33. The molecule has 1 fully saturated rings. The van der Waals surface area contributed by atoms with Gasteiger partial charge in [-0.2, -0.15) is 15.0 Å². The number of likely N-dealkylation sites (tertiary alicyclic amines) is 1. The number of thiocarbonyl (C=S) groups is 1. The summed E-state index contributed by atoms with van der Waals surface area (Å²) in [6, 6.07) is 0. The van der Waals surface area contributed by atoms with Gasteiger partial charge in [0.1, 0.15) is 10.1 Å². The van der Waals surface area contributed by atoms with Crippen molar-refractivity contribution in [2.24, 2.45) is 0 Å². The van der Waals surface area contributed by atoms with Crippen LogP contribution in [0.25, 0.3) is 0 Å². The van der Waals surface area contributed by atoms with Gasteiger partial charge in [-0.05, 0) is 12.8 Å². The molecule has 8 heteroatoms. The Bertz CT molecular complexity index is 458. The summed E-state index contributed by atoms with van der Waals surface area (Å²) in [7, 11) is 3.75. The van der Waals surface area contributed by atoms with Crippen LogP contribution in [-0.4, -0.2) is 51.4 Å². The van der Waals surface area contributed by atoms with E-state index in [0.29, 0.717) is 17.5 Å². The summed E-state index contributed by atoms with van der Waals surface area (Å²) < 4.78 is 0.919. The Morgan fingerprint density at radius 1 is 1.32 bits per heavy atom. The molecule has 1 aromatic heterocycles. The van der Waals surface area contributed by atoms with Gasteiger partial charge in [0.05, 0.1) is 5.75 Å². The lowest BCUT2D eigenvalue weighted by Gasteiger charge is -2.17. The van der Waals surface area contributed by atoms with E-state index >= 15 is 0 Å². The number of nitrogens with two attached hydrogens (primary N) is 1. The third-order valence-electron chi connectivity index (χ3n) is 2.78. The highest BCUT2D eigenvalue weighted by Crippen LogP contribution is 2.19. The van der Waals surface area contributed by atoms with E-state index in [1.54, 1.807) is 11.8 Å². The minimum Gasteiger partial charge on any atom is -0.368 e. The van der Waals surface area contributed by atoms with Crippen LogP contribution >= 0.6 is 24.0 Å². The van der Waals surface area contributed by atoms with Crippen molar-refractivity contribution in [2.75, 3.05) is 37.8 Å². The van der Waals surface area contributed by atoms with Gasteiger partial charge in [0.2, 0.25) is 11.9 Å². The van der Waals surface area contributed by atoms with Gasteiger partial charge in [-0.25, -0.2) is 0 Å². The number of anilines is 2. The first-order valence-electron chi connectivity index (χ1n) is 6.15. The largest absolute Gasteiger partial charge is 0.368 e. The molecule has 19 heavy (non-hydrogen) atoms. The van der Waals surface area contributed by atoms with Gasteiger partial charge in [-0.1, -0.05) is 24.0 Å². The van der Waals surface area contributed by atoms with Crippen LogP contribution in [0, 0.1) is 0 Å². The molecule has 1 aromatic rings. The Hall–Kier alpha value is -1.15.